The van der Waals surface area contributed by atoms with Crippen LogP contribution < -0.4 is 5.32 Å². The molecule has 2 N–H and O–H groups in total. The molecule has 0 bridgehead atoms. The van der Waals surface area contributed by atoms with Crippen molar-refractivity contribution in [2.75, 3.05) is 5.32 Å². The molecule has 1 amide bonds. The average Bonchev–Trinajstić information content (AvgIpc) is 3.25. The molecular formula is C24H20N4O7. The number of hydrogen-bond acceptors (Lipinski definition) is 9. The average molecular weight is 476 g/mol. The van der Waals surface area contributed by atoms with E-state index in [4.69, 9.17) is 18.1 Å². The number of fused-ring (bicyclic) bond motifs is 1. The standard InChI is InChI=1S/C24H20N4O7/c1-12-6-4-5-7-15(12)14(3)32-23(31)26-18-13(2)28-35-16(18)8-9-17-25-19-20(33-17)27-21(34-19)24(10-11-24)22(29)30/h4-7,14H,10-11H2,1-3H3,(H,26,31)(H,29,30). The Balaban J connectivity index is 1.30. The van der Waals surface area contributed by atoms with Gasteiger partial charge in [-0.1, -0.05) is 29.4 Å². The molecule has 35 heavy (non-hydrogen) atoms. The Hall–Kier alpha value is -4.59. The molecule has 5 rings (SSSR count). The maximum atomic E-state index is 12.5. The second-order valence-corrected chi connectivity index (χ2v) is 8.29. The molecule has 11 heteroatoms. The molecule has 178 valence electrons. The van der Waals surface area contributed by atoms with Crippen LogP contribution in [0.2, 0.25) is 0 Å². The lowest BCUT2D eigenvalue weighted by atomic mass is 10.1. The highest BCUT2D eigenvalue weighted by Crippen LogP contribution is 2.48. The molecule has 4 aromatic rings. The molecule has 1 aromatic carbocycles. The number of nitrogens with zero attached hydrogens (tertiary/aromatic N) is 3. The van der Waals surface area contributed by atoms with Crippen molar-refractivity contribution in [3.63, 3.8) is 0 Å². The predicted octanol–water partition coefficient (Wildman–Crippen LogP) is 4.25. The van der Waals surface area contributed by atoms with Crippen LogP contribution in [0.15, 0.2) is 37.6 Å². The molecule has 1 aliphatic carbocycles. The van der Waals surface area contributed by atoms with E-state index in [1.165, 1.54) is 0 Å². The van der Waals surface area contributed by atoms with Gasteiger partial charge in [0, 0.05) is 5.92 Å². The van der Waals surface area contributed by atoms with Gasteiger partial charge < -0.3 is 23.2 Å². The van der Waals surface area contributed by atoms with E-state index >= 15 is 0 Å². The molecule has 0 radical (unpaired) electrons. The Morgan fingerprint density at radius 3 is 2.57 bits per heavy atom. The summed E-state index contributed by atoms with van der Waals surface area (Å²) in [6, 6.07) is 7.63. The summed E-state index contributed by atoms with van der Waals surface area (Å²) in [7, 11) is 0. The number of amides is 1. The fourth-order valence-corrected chi connectivity index (χ4v) is 3.66. The summed E-state index contributed by atoms with van der Waals surface area (Å²) in [6.07, 6.45) is -0.259. The molecule has 1 atom stereocenters. The number of aliphatic carboxylic acids is 1. The van der Waals surface area contributed by atoms with E-state index in [-0.39, 0.29) is 34.7 Å². The number of benzene rings is 1. The summed E-state index contributed by atoms with van der Waals surface area (Å²) in [5.74, 6) is 4.51. The lowest BCUT2D eigenvalue weighted by Gasteiger charge is -2.16. The van der Waals surface area contributed by atoms with Crippen LogP contribution >= 0.6 is 0 Å². The van der Waals surface area contributed by atoms with Crippen LogP contribution in [0.3, 0.4) is 0 Å². The van der Waals surface area contributed by atoms with Crippen LogP contribution in [0.25, 0.3) is 11.4 Å². The normalized spacial score (nSPS) is 14.7. The number of aryl methyl sites for hydroxylation is 2. The van der Waals surface area contributed by atoms with Gasteiger partial charge in [0.05, 0.1) is 0 Å². The Labute approximate surface area is 198 Å². The number of nitrogens with one attached hydrogen (secondary N) is 1. The molecule has 1 saturated carbocycles. The minimum atomic E-state index is -1.10. The first-order valence-electron chi connectivity index (χ1n) is 10.8. The predicted molar refractivity (Wildman–Crippen MR) is 120 cm³/mol. The van der Waals surface area contributed by atoms with E-state index in [2.05, 4.69) is 32.3 Å². The number of rotatable bonds is 5. The van der Waals surface area contributed by atoms with E-state index in [0.29, 0.717) is 18.5 Å². The van der Waals surface area contributed by atoms with E-state index in [1.807, 2.05) is 31.2 Å². The lowest BCUT2D eigenvalue weighted by molar-refractivity contribution is -0.140. The largest absolute Gasteiger partial charge is 0.480 e. The number of carboxylic acids is 1. The monoisotopic (exact) mass is 476 g/mol. The number of oxazole rings is 2. The summed E-state index contributed by atoms with van der Waals surface area (Å²) >= 11 is 0. The van der Waals surface area contributed by atoms with Crippen LogP contribution in [-0.2, 0) is 14.9 Å². The van der Waals surface area contributed by atoms with Crippen LogP contribution in [0, 0.1) is 25.7 Å². The molecular weight excluding hydrogens is 456 g/mol. The van der Waals surface area contributed by atoms with Crippen molar-refractivity contribution in [2.45, 2.75) is 45.1 Å². The molecule has 0 saturated heterocycles. The zero-order chi connectivity index (χ0) is 24.7. The van der Waals surface area contributed by atoms with Gasteiger partial charge in [0.25, 0.3) is 17.3 Å². The van der Waals surface area contributed by atoms with Gasteiger partial charge in [-0.2, -0.15) is 9.97 Å². The van der Waals surface area contributed by atoms with Gasteiger partial charge in [-0.25, -0.2) is 4.79 Å². The summed E-state index contributed by atoms with van der Waals surface area (Å²) in [4.78, 5) is 32.1. The van der Waals surface area contributed by atoms with E-state index in [1.54, 1.807) is 13.8 Å². The highest BCUT2D eigenvalue weighted by atomic mass is 16.6. The molecule has 11 nitrogen and oxygen atoms in total. The third-order valence-corrected chi connectivity index (χ3v) is 5.83. The van der Waals surface area contributed by atoms with Crippen molar-refractivity contribution in [3.05, 3.63) is 58.6 Å². The van der Waals surface area contributed by atoms with Crippen LogP contribution in [-0.4, -0.2) is 32.3 Å². The van der Waals surface area contributed by atoms with Gasteiger partial charge in [-0.15, -0.1) is 0 Å². The smallest absolute Gasteiger partial charge is 0.412 e. The Bertz CT molecular complexity index is 1480. The minimum Gasteiger partial charge on any atom is -0.480 e. The van der Waals surface area contributed by atoms with Gasteiger partial charge in [0.1, 0.15) is 22.9 Å². The number of ether oxygens (including phenoxy) is 1. The summed E-state index contributed by atoms with van der Waals surface area (Å²) in [5.41, 5.74) is 1.58. The topological polar surface area (TPSA) is 154 Å². The Morgan fingerprint density at radius 1 is 1.14 bits per heavy atom. The Morgan fingerprint density at radius 2 is 1.89 bits per heavy atom. The molecule has 3 aromatic heterocycles. The number of carboxylic acid groups (broad SMARTS) is 1. The maximum absolute atomic E-state index is 12.5. The zero-order valence-electron chi connectivity index (χ0n) is 19.0. The third kappa shape index (κ3) is 4.10. The Kier molecular flexibility index (Phi) is 5.28. The van der Waals surface area contributed by atoms with Crippen molar-refractivity contribution in [3.8, 4) is 11.8 Å². The molecule has 1 aliphatic rings. The number of anilines is 1. The summed E-state index contributed by atoms with van der Waals surface area (Å²) < 4.78 is 21.6. The van der Waals surface area contributed by atoms with Gasteiger partial charge in [0.2, 0.25) is 11.7 Å². The van der Waals surface area contributed by atoms with Crippen LogP contribution in [0.5, 0.6) is 0 Å². The van der Waals surface area contributed by atoms with Gasteiger partial charge in [-0.3, -0.25) is 10.1 Å². The van der Waals surface area contributed by atoms with Crippen molar-refractivity contribution < 1.29 is 32.8 Å². The van der Waals surface area contributed by atoms with Gasteiger partial charge in [0.15, 0.2) is 0 Å². The number of aromatic nitrogens is 3. The summed E-state index contributed by atoms with van der Waals surface area (Å²) in [6.45, 7) is 5.37. The van der Waals surface area contributed by atoms with Crippen molar-refractivity contribution >= 4 is 29.2 Å². The molecule has 0 spiro atoms. The van der Waals surface area contributed by atoms with Crippen LogP contribution in [0.4, 0.5) is 10.5 Å². The minimum absolute atomic E-state index is 0.0197. The van der Waals surface area contributed by atoms with Crippen molar-refractivity contribution in [2.24, 2.45) is 0 Å². The second kappa shape index (κ2) is 8.32. The molecule has 0 aliphatic heterocycles. The highest BCUT2D eigenvalue weighted by Gasteiger charge is 2.56. The molecule has 3 heterocycles. The first-order valence-corrected chi connectivity index (χ1v) is 10.8. The van der Waals surface area contributed by atoms with E-state index < -0.39 is 23.6 Å². The van der Waals surface area contributed by atoms with E-state index in [0.717, 1.165) is 11.1 Å². The molecule has 1 fully saturated rings. The zero-order valence-corrected chi connectivity index (χ0v) is 19.0. The number of hydrogen-bond donors (Lipinski definition) is 2. The first kappa shape index (κ1) is 22.2. The van der Waals surface area contributed by atoms with Crippen LogP contribution in [0.1, 0.15) is 60.2 Å². The number of carbonyl (C=O) groups excluding carboxylic acids is 1. The number of carbonyl (C=O) groups is 2. The van der Waals surface area contributed by atoms with Gasteiger partial charge in [-0.05, 0) is 50.7 Å². The fraction of sp³-hybridized carbons (Fsp3) is 0.292. The van der Waals surface area contributed by atoms with Gasteiger partial charge >= 0.3 is 12.1 Å². The second-order valence-electron chi connectivity index (χ2n) is 8.29. The lowest BCUT2D eigenvalue weighted by Crippen LogP contribution is -2.19. The molecule has 1 unspecified atom stereocenters. The highest BCUT2D eigenvalue weighted by molar-refractivity contribution is 5.87. The quantitative estimate of drug-likeness (QED) is 0.400. The summed E-state index contributed by atoms with van der Waals surface area (Å²) in [5, 5.41) is 15.8. The maximum Gasteiger partial charge on any atom is 0.412 e. The third-order valence-electron chi connectivity index (χ3n) is 5.83. The first-order chi connectivity index (χ1) is 16.8. The fourth-order valence-electron chi connectivity index (χ4n) is 3.66. The SMILES string of the molecule is Cc1ccccc1C(C)OC(=O)Nc1c(C)noc1C#Cc1nc2oc(C3(C(=O)O)CC3)nc2o1. The van der Waals surface area contributed by atoms with Crippen molar-refractivity contribution in [1.82, 2.24) is 15.1 Å². The van der Waals surface area contributed by atoms with E-state index in [9.17, 15) is 14.7 Å². The van der Waals surface area contributed by atoms with Crippen molar-refractivity contribution in [1.29, 1.82) is 0 Å².